The van der Waals surface area contributed by atoms with E-state index in [0.29, 0.717) is 6.42 Å². The number of unbranched alkanes of at least 4 members (excludes halogenated alkanes) is 18. The Bertz CT molecular complexity index is 696. The summed E-state index contributed by atoms with van der Waals surface area (Å²) in [5.41, 5.74) is 5.31. The standard InChI is InChI=1S/C32H64NO9P/c1-3-4-5-6-7-8-9-11-14-17-20-23-31(34)39-28-30(29-41-43(36,37)40-27-25-33)42-32(35)24-21-18-15-12-10-13-16-19-22-26-38-2/h30H,3-29,33H2,1-2H3,(H,36,37). The predicted octanol–water partition coefficient (Wildman–Crippen LogP) is 7.78. The van der Waals surface area contributed by atoms with Gasteiger partial charge in [-0.3, -0.25) is 18.6 Å². The fourth-order valence-corrected chi connectivity index (χ4v) is 5.45. The largest absolute Gasteiger partial charge is 0.472 e. The molecule has 0 bridgehead atoms. The highest BCUT2D eigenvalue weighted by molar-refractivity contribution is 7.47. The lowest BCUT2D eigenvalue weighted by molar-refractivity contribution is -0.161. The first-order chi connectivity index (χ1) is 20.8. The zero-order valence-electron chi connectivity index (χ0n) is 27.4. The molecule has 11 heteroatoms. The molecule has 3 N–H and O–H groups in total. The molecule has 0 rings (SSSR count). The molecular weight excluding hydrogens is 573 g/mol. The van der Waals surface area contributed by atoms with Crippen LogP contribution in [-0.4, -0.2) is 63.0 Å². The van der Waals surface area contributed by atoms with Gasteiger partial charge in [-0.25, -0.2) is 4.57 Å². The SMILES string of the molecule is CCCCCCCCCCCCCC(=O)OCC(COP(=O)(O)OCCN)OC(=O)CCCCCCCCCCCOC. The van der Waals surface area contributed by atoms with E-state index in [9.17, 15) is 19.0 Å². The predicted molar refractivity (Wildman–Crippen MR) is 171 cm³/mol. The molecular formula is C32H64NO9P. The second-order valence-electron chi connectivity index (χ2n) is 11.4. The van der Waals surface area contributed by atoms with Crippen LogP contribution in [0, 0.1) is 0 Å². The summed E-state index contributed by atoms with van der Waals surface area (Å²) < 4.78 is 37.5. The molecule has 0 aromatic rings. The minimum atomic E-state index is -4.36. The van der Waals surface area contributed by atoms with Crippen molar-refractivity contribution < 1.29 is 42.3 Å². The quantitative estimate of drug-likeness (QED) is 0.0416. The monoisotopic (exact) mass is 637 g/mol. The van der Waals surface area contributed by atoms with Crippen molar-refractivity contribution in [1.82, 2.24) is 0 Å². The van der Waals surface area contributed by atoms with Crippen LogP contribution in [0.2, 0.25) is 0 Å². The maximum Gasteiger partial charge on any atom is 0.472 e. The molecule has 2 atom stereocenters. The van der Waals surface area contributed by atoms with E-state index in [0.717, 1.165) is 51.6 Å². The minimum absolute atomic E-state index is 0.0529. The summed E-state index contributed by atoms with van der Waals surface area (Å²) in [5.74, 6) is -0.842. The number of carbonyl (C=O) groups excluding carboxylic acids is 2. The number of methoxy groups -OCH3 is 1. The smallest absolute Gasteiger partial charge is 0.462 e. The van der Waals surface area contributed by atoms with Gasteiger partial charge in [-0.2, -0.15) is 0 Å². The van der Waals surface area contributed by atoms with Gasteiger partial charge >= 0.3 is 19.8 Å². The normalized spacial score (nSPS) is 13.5. The zero-order valence-corrected chi connectivity index (χ0v) is 28.3. The van der Waals surface area contributed by atoms with Crippen molar-refractivity contribution in [1.29, 1.82) is 0 Å². The van der Waals surface area contributed by atoms with Gasteiger partial charge in [0.25, 0.3) is 0 Å². The molecule has 43 heavy (non-hydrogen) atoms. The summed E-state index contributed by atoms with van der Waals surface area (Å²) in [5, 5.41) is 0. The van der Waals surface area contributed by atoms with Crippen molar-refractivity contribution in [2.75, 3.05) is 40.1 Å². The molecule has 0 heterocycles. The summed E-state index contributed by atoms with van der Waals surface area (Å²) in [4.78, 5) is 34.5. The van der Waals surface area contributed by atoms with Crippen LogP contribution in [0.25, 0.3) is 0 Å². The van der Waals surface area contributed by atoms with E-state index < -0.39 is 26.5 Å². The number of carbonyl (C=O) groups is 2. The van der Waals surface area contributed by atoms with Gasteiger partial charge in [-0.1, -0.05) is 116 Å². The fraction of sp³-hybridized carbons (Fsp3) is 0.938. The molecule has 0 radical (unpaired) electrons. The number of ether oxygens (including phenoxy) is 3. The number of hydrogen-bond acceptors (Lipinski definition) is 9. The van der Waals surface area contributed by atoms with Crippen molar-refractivity contribution in [2.24, 2.45) is 5.73 Å². The molecule has 0 aliphatic rings. The third kappa shape index (κ3) is 30.8. The number of rotatable bonds is 33. The highest BCUT2D eigenvalue weighted by Crippen LogP contribution is 2.43. The van der Waals surface area contributed by atoms with Crippen molar-refractivity contribution in [3.05, 3.63) is 0 Å². The Morgan fingerprint density at radius 1 is 0.651 bits per heavy atom. The van der Waals surface area contributed by atoms with E-state index >= 15 is 0 Å². The summed E-state index contributed by atoms with van der Waals surface area (Å²) in [7, 11) is -2.63. The molecule has 0 spiro atoms. The van der Waals surface area contributed by atoms with Gasteiger partial charge in [-0.15, -0.1) is 0 Å². The zero-order chi connectivity index (χ0) is 31.9. The molecule has 0 fully saturated rings. The highest BCUT2D eigenvalue weighted by atomic mass is 31.2. The molecule has 0 aliphatic carbocycles. The van der Waals surface area contributed by atoms with E-state index in [4.69, 9.17) is 29.0 Å². The van der Waals surface area contributed by atoms with Crippen LogP contribution in [-0.2, 0) is 37.4 Å². The van der Waals surface area contributed by atoms with Crippen LogP contribution >= 0.6 is 7.82 Å². The molecule has 2 unspecified atom stereocenters. The Hall–Kier alpha value is -1.03. The minimum Gasteiger partial charge on any atom is -0.462 e. The first kappa shape index (κ1) is 42.0. The number of phosphoric acid groups is 1. The van der Waals surface area contributed by atoms with E-state index in [-0.39, 0.29) is 38.6 Å². The van der Waals surface area contributed by atoms with Crippen LogP contribution in [0.3, 0.4) is 0 Å². The Labute approximate surface area is 262 Å². The van der Waals surface area contributed by atoms with Gasteiger partial charge in [-0.05, 0) is 19.3 Å². The molecule has 0 amide bonds. The number of nitrogens with two attached hydrogens (primary N) is 1. The van der Waals surface area contributed by atoms with Gasteiger partial charge in [0, 0.05) is 33.1 Å². The lowest BCUT2D eigenvalue weighted by Crippen LogP contribution is -2.29. The summed E-state index contributed by atoms with van der Waals surface area (Å²) in [6.45, 7) is 2.28. The molecule has 0 aromatic heterocycles. The lowest BCUT2D eigenvalue weighted by atomic mass is 10.1. The topological polar surface area (TPSA) is 144 Å². The van der Waals surface area contributed by atoms with Gasteiger partial charge in [0.05, 0.1) is 13.2 Å². The number of phosphoric ester groups is 1. The van der Waals surface area contributed by atoms with Crippen molar-refractivity contribution >= 4 is 19.8 Å². The molecule has 10 nitrogen and oxygen atoms in total. The Balaban J connectivity index is 4.25. The molecule has 0 aromatic carbocycles. The van der Waals surface area contributed by atoms with Crippen LogP contribution < -0.4 is 5.73 Å². The van der Waals surface area contributed by atoms with Gasteiger partial charge in [0.1, 0.15) is 6.61 Å². The maximum absolute atomic E-state index is 12.4. The van der Waals surface area contributed by atoms with Crippen LogP contribution in [0.4, 0.5) is 0 Å². The second kappa shape index (κ2) is 31.0. The molecule has 0 aliphatic heterocycles. The van der Waals surface area contributed by atoms with Crippen LogP contribution in [0.1, 0.15) is 148 Å². The average molecular weight is 638 g/mol. The maximum atomic E-state index is 12.4. The third-order valence-corrected chi connectivity index (χ3v) is 8.22. The first-order valence-electron chi connectivity index (χ1n) is 17.0. The first-order valence-corrected chi connectivity index (χ1v) is 18.5. The Kier molecular flexibility index (Phi) is 30.2. The highest BCUT2D eigenvalue weighted by Gasteiger charge is 2.25. The molecule has 256 valence electrons. The second-order valence-corrected chi connectivity index (χ2v) is 12.8. The number of hydrogen-bond donors (Lipinski definition) is 2. The van der Waals surface area contributed by atoms with E-state index in [1.807, 2.05) is 0 Å². The fourth-order valence-electron chi connectivity index (χ4n) is 4.69. The van der Waals surface area contributed by atoms with Crippen LogP contribution in [0.15, 0.2) is 0 Å². The van der Waals surface area contributed by atoms with Crippen LogP contribution in [0.5, 0.6) is 0 Å². The summed E-state index contributed by atoms with van der Waals surface area (Å²) in [6, 6.07) is 0. The van der Waals surface area contributed by atoms with Gasteiger partial charge < -0.3 is 24.8 Å². The summed E-state index contributed by atoms with van der Waals surface area (Å²) >= 11 is 0. The van der Waals surface area contributed by atoms with E-state index in [1.165, 1.54) is 77.0 Å². The third-order valence-electron chi connectivity index (χ3n) is 7.24. The Morgan fingerprint density at radius 3 is 1.60 bits per heavy atom. The van der Waals surface area contributed by atoms with E-state index in [2.05, 4.69) is 6.92 Å². The van der Waals surface area contributed by atoms with Crippen molar-refractivity contribution in [3.63, 3.8) is 0 Å². The van der Waals surface area contributed by atoms with Crippen molar-refractivity contribution in [3.8, 4) is 0 Å². The molecule has 0 saturated carbocycles. The molecule has 0 saturated heterocycles. The number of esters is 2. The van der Waals surface area contributed by atoms with Crippen molar-refractivity contribution in [2.45, 2.75) is 154 Å². The lowest BCUT2D eigenvalue weighted by Gasteiger charge is -2.19. The Morgan fingerprint density at radius 2 is 1.12 bits per heavy atom. The van der Waals surface area contributed by atoms with Gasteiger partial charge in [0.2, 0.25) is 0 Å². The average Bonchev–Trinajstić information content (AvgIpc) is 2.99. The van der Waals surface area contributed by atoms with Gasteiger partial charge in [0.15, 0.2) is 6.10 Å². The van der Waals surface area contributed by atoms with E-state index in [1.54, 1.807) is 7.11 Å². The summed E-state index contributed by atoms with van der Waals surface area (Å²) in [6.07, 6.45) is 22.3.